The number of anilines is 2. The second-order valence-corrected chi connectivity index (χ2v) is 7.21. The average molecular weight is 365 g/mol. The minimum Gasteiger partial charge on any atom is -0.376 e. The zero-order valence-corrected chi connectivity index (χ0v) is 16.0. The summed E-state index contributed by atoms with van der Waals surface area (Å²) in [6.07, 6.45) is 3.34. The Morgan fingerprint density at radius 3 is 2.33 bits per heavy atom. The second kappa shape index (κ2) is 8.71. The molecule has 0 atom stereocenters. The van der Waals surface area contributed by atoms with E-state index in [4.69, 9.17) is 0 Å². The SMILES string of the molecule is Cc1cc(C)cc(NC(=O)CNc2cccc(C(=O)N3CCCCC3)c2)c1. The third kappa shape index (κ3) is 5.33. The first-order valence-electron chi connectivity index (χ1n) is 9.52. The van der Waals surface area contributed by atoms with Crippen molar-refractivity contribution in [2.75, 3.05) is 30.3 Å². The van der Waals surface area contributed by atoms with Crippen molar-refractivity contribution in [3.8, 4) is 0 Å². The molecule has 5 heteroatoms. The third-order valence-corrected chi connectivity index (χ3v) is 4.71. The fraction of sp³-hybridized carbons (Fsp3) is 0.364. The standard InChI is InChI=1S/C22H27N3O2/c1-16-11-17(2)13-20(12-16)24-21(26)15-23-19-8-6-7-18(14-19)22(27)25-9-4-3-5-10-25/h6-8,11-14,23H,3-5,9-10,15H2,1-2H3,(H,24,26). The molecule has 2 aromatic rings. The van der Waals surface area contributed by atoms with E-state index in [2.05, 4.69) is 16.7 Å². The van der Waals surface area contributed by atoms with Gasteiger partial charge in [-0.3, -0.25) is 9.59 Å². The van der Waals surface area contributed by atoms with E-state index in [0.717, 1.165) is 48.4 Å². The normalized spacial score (nSPS) is 13.9. The van der Waals surface area contributed by atoms with Crippen molar-refractivity contribution in [1.82, 2.24) is 4.90 Å². The lowest BCUT2D eigenvalue weighted by atomic mass is 10.1. The fourth-order valence-corrected chi connectivity index (χ4v) is 3.48. The Balaban J connectivity index is 1.57. The van der Waals surface area contributed by atoms with Gasteiger partial charge in [0, 0.05) is 30.0 Å². The molecule has 0 aliphatic carbocycles. The van der Waals surface area contributed by atoms with E-state index < -0.39 is 0 Å². The Morgan fingerprint density at radius 1 is 0.926 bits per heavy atom. The molecule has 2 amide bonds. The monoisotopic (exact) mass is 365 g/mol. The Kier molecular flexibility index (Phi) is 6.12. The molecule has 5 nitrogen and oxygen atoms in total. The number of carbonyl (C=O) groups excluding carboxylic acids is 2. The minimum atomic E-state index is -0.118. The van der Waals surface area contributed by atoms with Gasteiger partial charge in [0.15, 0.2) is 0 Å². The van der Waals surface area contributed by atoms with Crippen molar-refractivity contribution in [3.05, 3.63) is 59.2 Å². The number of piperidine rings is 1. The summed E-state index contributed by atoms with van der Waals surface area (Å²) in [5, 5.41) is 6.02. The van der Waals surface area contributed by atoms with Gasteiger partial charge in [-0.25, -0.2) is 0 Å². The number of rotatable bonds is 5. The van der Waals surface area contributed by atoms with Crippen LogP contribution in [0.5, 0.6) is 0 Å². The number of likely N-dealkylation sites (tertiary alicyclic amines) is 1. The fourth-order valence-electron chi connectivity index (χ4n) is 3.48. The smallest absolute Gasteiger partial charge is 0.253 e. The predicted molar refractivity (Wildman–Crippen MR) is 109 cm³/mol. The van der Waals surface area contributed by atoms with E-state index in [1.54, 1.807) is 0 Å². The lowest BCUT2D eigenvalue weighted by molar-refractivity contribution is -0.114. The van der Waals surface area contributed by atoms with Crippen molar-refractivity contribution in [3.63, 3.8) is 0 Å². The van der Waals surface area contributed by atoms with Crippen LogP contribution in [0, 0.1) is 13.8 Å². The Bertz CT molecular complexity index is 806. The lowest BCUT2D eigenvalue weighted by Crippen LogP contribution is -2.35. The van der Waals surface area contributed by atoms with Gasteiger partial charge in [0.2, 0.25) is 5.91 Å². The molecule has 2 aromatic carbocycles. The largest absolute Gasteiger partial charge is 0.376 e. The number of hydrogen-bond acceptors (Lipinski definition) is 3. The molecule has 1 aliphatic heterocycles. The summed E-state index contributed by atoms with van der Waals surface area (Å²) in [6, 6.07) is 13.3. The molecule has 2 N–H and O–H groups in total. The highest BCUT2D eigenvalue weighted by molar-refractivity contribution is 5.96. The highest BCUT2D eigenvalue weighted by Crippen LogP contribution is 2.17. The van der Waals surface area contributed by atoms with Crippen molar-refractivity contribution < 1.29 is 9.59 Å². The van der Waals surface area contributed by atoms with Crippen molar-refractivity contribution in [2.24, 2.45) is 0 Å². The zero-order chi connectivity index (χ0) is 19.2. The van der Waals surface area contributed by atoms with Crippen LogP contribution in [-0.4, -0.2) is 36.3 Å². The number of benzene rings is 2. The van der Waals surface area contributed by atoms with Gasteiger partial charge < -0.3 is 15.5 Å². The summed E-state index contributed by atoms with van der Waals surface area (Å²) in [6.45, 7) is 5.81. The molecule has 1 fully saturated rings. The molecular weight excluding hydrogens is 338 g/mol. The Labute approximate surface area is 160 Å². The van der Waals surface area contributed by atoms with Gasteiger partial charge in [0.05, 0.1) is 6.54 Å². The molecule has 1 aliphatic rings. The topological polar surface area (TPSA) is 61.4 Å². The molecule has 0 aromatic heterocycles. The van der Waals surface area contributed by atoms with Crippen LogP contribution in [0.1, 0.15) is 40.7 Å². The predicted octanol–water partition coefficient (Wildman–Crippen LogP) is 3.98. The number of hydrogen-bond donors (Lipinski definition) is 2. The number of aryl methyl sites for hydroxylation is 2. The van der Waals surface area contributed by atoms with E-state index in [1.165, 1.54) is 6.42 Å². The second-order valence-electron chi connectivity index (χ2n) is 7.21. The molecular formula is C22H27N3O2. The summed E-state index contributed by atoms with van der Waals surface area (Å²) in [7, 11) is 0. The molecule has 142 valence electrons. The van der Waals surface area contributed by atoms with E-state index in [1.807, 2.05) is 55.1 Å². The van der Waals surface area contributed by atoms with Crippen LogP contribution in [0.15, 0.2) is 42.5 Å². The summed E-state index contributed by atoms with van der Waals surface area (Å²) in [5.41, 5.74) is 4.46. The quantitative estimate of drug-likeness (QED) is 0.842. The first-order chi connectivity index (χ1) is 13.0. The first kappa shape index (κ1) is 19.0. The zero-order valence-electron chi connectivity index (χ0n) is 16.0. The number of nitrogens with one attached hydrogen (secondary N) is 2. The summed E-state index contributed by atoms with van der Waals surface area (Å²) >= 11 is 0. The number of nitrogens with zero attached hydrogens (tertiary/aromatic N) is 1. The first-order valence-corrected chi connectivity index (χ1v) is 9.52. The highest BCUT2D eigenvalue weighted by Gasteiger charge is 2.18. The molecule has 0 bridgehead atoms. The van der Waals surface area contributed by atoms with E-state index >= 15 is 0 Å². The van der Waals surface area contributed by atoms with Crippen molar-refractivity contribution in [1.29, 1.82) is 0 Å². The van der Waals surface area contributed by atoms with Gasteiger partial charge in [-0.05, 0) is 74.6 Å². The van der Waals surface area contributed by atoms with Crippen LogP contribution in [0.2, 0.25) is 0 Å². The van der Waals surface area contributed by atoms with Gasteiger partial charge in [0.1, 0.15) is 0 Å². The van der Waals surface area contributed by atoms with Gasteiger partial charge >= 0.3 is 0 Å². The van der Waals surface area contributed by atoms with Crippen LogP contribution in [-0.2, 0) is 4.79 Å². The number of carbonyl (C=O) groups is 2. The molecule has 0 spiro atoms. The van der Waals surface area contributed by atoms with Gasteiger partial charge in [0.25, 0.3) is 5.91 Å². The van der Waals surface area contributed by atoms with E-state index in [0.29, 0.717) is 5.56 Å². The summed E-state index contributed by atoms with van der Waals surface area (Å²) in [4.78, 5) is 26.8. The molecule has 0 unspecified atom stereocenters. The molecule has 1 heterocycles. The Morgan fingerprint density at radius 2 is 1.63 bits per heavy atom. The van der Waals surface area contributed by atoms with Gasteiger partial charge in [-0.2, -0.15) is 0 Å². The maximum atomic E-state index is 12.6. The van der Waals surface area contributed by atoms with Crippen LogP contribution in [0.25, 0.3) is 0 Å². The minimum absolute atomic E-state index is 0.0676. The third-order valence-electron chi connectivity index (χ3n) is 4.71. The van der Waals surface area contributed by atoms with Crippen LogP contribution >= 0.6 is 0 Å². The summed E-state index contributed by atoms with van der Waals surface area (Å²) in [5.74, 6) is -0.0502. The highest BCUT2D eigenvalue weighted by atomic mass is 16.2. The molecule has 3 rings (SSSR count). The van der Waals surface area contributed by atoms with E-state index in [9.17, 15) is 9.59 Å². The maximum absolute atomic E-state index is 12.6. The van der Waals surface area contributed by atoms with Gasteiger partial charge in [-0.1, -0.05) is 12.1 Å². The van der Waals surface area contributed by atoms with Crippen LogP contribution in [0.3, 0.4) is 0 Å². The molecule has 0 saturated carbocycles. The maximum Gasteiger partial charge on any atom is 0.253 e. The average Bonchev–Trinajstić information content (AvgIpc) is 2.66. The summed E-state index contributed by atoms with van der Waals surface area (Å²) < 4.78 is 0. The van der Waals surface area contributed by atoms with Crippen molar-refractivity contribution >= 4 is 23.2 Å². The lowest BCUT2D eigenvalue weighted by Gasteiger charge is -2.26. The Hall–Kier alpha value is -2.82. The van der Waals surface area contributed by atoms with Gasteiger partial charge in [-0.15, -0.1) is 0 Å². The molecule has 27 heavy (non-hydrogen) atoms. The van der Waals surface area contributed by atoms with Crippen molar-refractivity contribution in [2.45, 2.75) is 33.1 Å². The molecule has 1 saturated heterocycles. The number of amides is 2. The van der Waals surface area contributed by atoms with E-state index in [-0.39, 0.29) is 18.4 Å². The molecule has 0 radical (unpaired) electrons. The van der Waals surface area contributed by atoms with Crippen LogP contribution in [0.4, 0.5) is 11.4 Å². The van der Waals surface area contributed by atoms with Crippen LogP contribution < -0.4 is 10.6 Å².